The third-order valence-corrected chi connectivity index (χ3v) is 7.53. The van der Waals surface area contributed by atoms with Crippen molar-refractivity contribution in [2.75, 3.05) is 19.7 Å². The van der Waals surface area contributed by atoms with E-state index in [0.717, 1.165) is 49.6 Å². The Balaban J connectivity index is 1.23. The van der Waals surface area contributed by atoms with Gasteiger partial charge in [0.1, 0.15) is 5.75 Å². The van der Waals surface area contributed by atoms with Crippen LogP contribution in [0.15, 0.2) is 30.3 Å². The van der Waals surface area contributed by atoms with Crippen LogP contribution in [0.1, 0.15) is 51.4 Å². The highest BCUT2D eigenvalue weighted by Gasteiger charge is 2.55. The largest absolute Gasteiger partial charge is 0.493 e. The SMILES string of the molecule is O=C(N1CCCC(COc2ccccc2)C1)C12CC3CC(CC(C3)C1)C2. The van der Waals surface area contributed by atoms with Gasteiger partial charge in [-0.05, 0) is 81.3 Å². The number of piperidine rings is 1. The molecule has 1 aliphatic heterocycles. The van der Waals surface area contributed by atoms with Gasteiger partial charge in [0, 0.05) is 19.0 Å². The van der Waals surface area contributed by atoms with E-state index in [-0.39, 0.29) is 5.41 Å². The van der Waals surface area contributed by atoms with Crippen molar-refractivity contribution in [1.29, 1.82) is 0 Å². The monoisotopic (exact) mass is 353 g/mol. The third kappa shape index (κ3) is 3.04. The van der Waals surface area contributed by atoms with E-state index in [1.165, 1.54) is 44.9 Å². The number of hydrogen-bond donors (Lipinski definition) is 0. The fourth-order valence-electron chi connectivity index (χ4n) is 6.82. The zero-order valence-electron chi connectivity index (χ0n) is 15.7. The Hall–Kier alpha value is -1.51. The Morgan fingerprint density at radius 3 is 2.35 bits per heavy atom. The summed E-state index contributed by atoms with van der Waals surface area (Å²) in [5, 5.41) is 0. The van der Waals surface area contributed by atoms with E-state index in [1.807, 2.05) is 30.3 Å². The van der Waals surface area contributed by atoms with Gasteiger partial charge in [0.15, 0.2) is 0 Å². The minimum atomic E-state index is 0.0108. The molecule has 1 aromatic rings. The van der Waals surface area contributed by atoms with Gasteiger partial charge in [0.2, 0.25) is 5.91 Å². The standard InChI is InChI=1S/C23H31NO2/c25-22(23-12-18-9-19(13-23)11-20(10-18)14-23)24-8-4-5-17(15-24)16-26-21-6-2-1-3-7-21/h1-3,6-7,17-20H,4-5,8-16H2. The highest BCUT2D eigenvalue weighted by atomic mass is 16.5. The summed E-state index contributed by atoms with van der Waals surface area (Å²) in [4.78, 5) is 15.8. The van der Waals surface area contributed by atoms with Gasteiger partial charge in [0.05, 0.1) is 12.0 Å². The van der Waals surface area contributed by atoms with Gasteiger partial charge >= 0.3 is 0 Å². The van der Waals surface area contributed by atoms with Crippen molar-refractivity contribution < 1.29 is 9.53 Å². The summed E-state index contributed by atoms with van der Waals surface area (Å²) >= 11 is 0. The van der Waals surface area contributed by atoms with Crippen LogP contribution >= 0.6 is 0 Å². The van der Waals surface area contributed by atoms with Crippen LogP contribution in [0.4, 0.5) is 0 Å². The average molecular weight is 354 g/mol. The molecular formula is C23H31NO2. The molecule has 140 valence electrons. The summed E-state index contributed by atoms with van der Waals surface area (Å²) in [6, 6.07) is 10.1. The highest BCUT2D eigenvalue weighted by molar-refractivity contribution is 5.83. The van der Waals surface area contributed by atoms with E-state index in [2.05, 4.69) is 4.90 Å². The lowest BCUT2D eigenvalue weighted by Crippen LogP contribution is -2.56. The Kier molecular flexibility index (Phi) is 4.21. The maximum absolute atomic E-state index is 13.6. The van der Waals surface area contributed by atoms with Crippen molar-refractivity contribution in [2.24, 2.45) is 29.1 Å². The van der Waals surface area contributed by atoms with E-state index in [0.29, 0.717) is 11.8 Å². The molecule has 1 atom stereocenters. The first-order valence-electron chi connectivity index (χ1n) is 10.7. The van der Waals surface area contributed by atoms with Crippen molar-refractivity contribution >= 4 is 5.91 Å². The maximum atomic E-state index is 13.6. The van der Waals surface area contributed by atoms with Crippen LogP contribution in [-0.2, 0) is 4.79 Å². The third-order valence-electron chi connectivity index (χ3n) is 7.53. The lowest BCUT2D eigenvalue weighted by Gasteiger charge is -2.57. The van der Waals surface area contributed by atoms with Crippen molar-refractivity contribution in [3.63, 3.8) is 0 Å². The fourth-order valence-corrected chi connectivity index (χ4v) is 6.82. The molecule has 1 amide bonds. The Labute approximate surface area is 157 Å². The second kappa shape index (κ2) is 6.58. The van der Waals surface area contributed by atoms with Crippen LogP contribution in [0.5, 0.6) is 5.75 Å². The maximum Gasteiger partial charge on any atom is 0.228 e. The summed E-state index contributed by atoms with van der Waals surface area (Å²) in [5.41, 5.74) is 0.0108. The number of amides is 1. The predicted molar refractivity (Wildman–Crippen MR) is 102 cm³/mol. The van der Waals surface area contributed by atoms with E-state index in [1.54, 1.807) is 0 Å². The van der Waals surface area contributed by atoms with Crippen LogP contribution in [0.2, 0.25) is 0 Å². The zero-order chi connectivity index (χ0) is 17.6. The first-order valence-corrected chi connectivity index (χ1v) is 10.7. The second-order valence-electron chi connectivity index (χ2n) is 9.58. The summed E-state index contributed by atoms with van der Waals surface area (Å²) in [6.45, 7) is 2.59. The molecule has 1 aromatic carbocycles. The Bertz CT molecular complexity index is 620. The Morgan fingerprint density at radius 2 is 1.69 bits per heavy atom. The first-order chi connectivity index (χ1) is 12.7. The Morgan fingerprint density at radius 1 is 1.04 bits per heavy atom. The molecule has 1 unspecified atom stereocenters. The molecule has 0 spiro atoms. The molecular weight excluding hydrogens is 322 g/mol. The molecule has 4 aliphatic carbocycles. The molecule has 26 heavy (non-hydrogen) atoms. The average Bonchev–Trinajstić information content (AvgIpc) is 2.66. The van der Waals surface area contributed by atoms with Gasteiger partial charge in [0.25, 0.3) is 0 Å². The van der Waals surface area contributed by atoms with Crippen LogP contribution in [-0.4, -0.2) is 30.5 Å². The lowest BCUT2D eigenvalue weighted by atomic mass is 9.49. The van der Waals surface area contributed by atoms with Gasteiger partial charge < -0.3 is 9.64 Å². The van der Waals surface area contributed by atoms with Gasteiger partial charge in [-0.15, -0.1) is 0 Å². The van der Waals surface area contributed by atoms with E-state index in [9.17, 15) is 4.79 Å². The summed E-state index contributed by atoms with van der Waals surface area (Å²) in [6.07, 6.45) is 10.1. The lowest BCUT2D eigenvalue weighted by molar-refractivity contribution is -0.159. The molecule has 4 saturated carbocycles. The number of para-hydroxylation sites is 1. The van der Waals surface area contributed by atoms with Crippen LogP contribution in [0, 0.1) is 29.1 Å². The van der Waals surface area contributed by atoms with Gasteiger partial charge in [-0.25, -0.2) is 0 Å². The van der Waals surface area contributed by atoms with Gasteiger partial charge in [-0.2, -0.15) is 0 Å². The number of ether oxygens (including phenoxy) is 1. The smallest absolute Gasteiger partial charge is 0.228 e. The number of hydrogen-bond acceptors (Lipinski definition) is 2. The van der Waals surface area contributed by atoms with Crippen LogP contribution < -0.4 is 4.74 Å². The van der Waals surface area contributed by atoms with Gasteiger partial charge in [-0.3, -0.25) is 4.79 Å². The van der Waals surface area contributed by atoms with Crippen molar-refractivity contribution in [1.82, 2.24) is 4.90 Å². The molecule has 0 N–H and O–H groups in total. The fraction of sp³-hybridized carbons (Fsp3) is 0.696. The molecule has 5 aliphatic rings. The number of nitrogens with zero attached hydrogens (tertiary/aromatic N) is 1. The normalized spacial score (nSPS) is 38.4. The minimum Gasteiger partial charge on any atom is -0.493 e. The van der Waals surface area contributed by atoms with Crippen molar-refractivity contribution in [3.8, 4) is 5.75 Å². The number of carbonyl (C=O) groups is 1. The molecule has 1 heterocycles. The number of likely N-dealkylation sites (tertiary alicyclic amines) is 1. The molecule has 0 radical (unpaired) electrons. The van der Waals surface area contributed by atoms with Crippen LogP contribution in [0.25, 0.3) is 0 Å². The highest BCUT2D eigenvalue weighted by Crippen LogP contribution is 2.60. The minimum absolute atomic E-state index is 0.0108. The number of rotatable bonds is 4. The number of benzene rings is 1. The molecule has 3 heteroatoms. The van der Waals surface area contributed by atoms with Crippen molar-refractivity contribution in [2.45, 2.75) is 51.4 Å². The molecule has 0 aromatic heterocycles. The predicted octanol–water partition coefficient (Wildman–Crippen LogP) is 4.52. The second-order valence-corrected chi connectivity index (χ2v) is 9.58. The quantitative estimate of drug-likeness (QED) is 0.796. The summed E-state index contributed by atoms with van der Waals surface area (Å²) in [5.74, 6) is 4.44. The van der Waals surface area contributed by atoms with Gasteiger partial charge in [-0.1, -0.05) is 18.2 Å². The van der Waals surface area contributed by atoms with E-state index >= 15 is 0 Å². The van der Waals surface area contributed by atoms with E-state index in [4.69, 9.17) is 4.74 Å². The first kappa shape index (κ1) is 16.6. The van der Waals surface area contributed by atoms with E-state index < -0.39 is 0 Å². The summed E-state index contributed by atoms with van der Waals surface area (Å²) in [7, 11) is 0. The molecule has 4 bridgehead atoms. The topological polar surface area (TPSA) is 29.5 Å². The number of carbonyl (C=O) groups excluding carboxylic acids is 1. The molecule has 1 saturated heterocycles. The zero-order valence-corrected chi connectivity index (χ0v) is 15.7. The van der Waals surface area contributed by atoms with Crippen LogP contribution in [0.3, 0.4) is 0 Å². The summed E-state index contributed by atoms with van der Waals surface area (Å²) < 4.78 is 5.98. The van der Waals surface area contributed by atoms with Crippen molar-refractivity contribution in [3.05, 3.63) is 30.3 Å². The molecule has 5 fully saturated rings. The molecule has 6 rings (SSSR count). The molecule has 3 nitrogen and oxygen atoms in total.